The fourth-order valence-electron chi connectivity index (χ4n) is 2.86. The number of thiazole rings is 1. The number of anilines is 1. The second-order valence-corrected chi connectivity index (χ2v) is 7.05. The predicted molar refractivity (Wildman–Crippen MR) is 106 cm³/mol. The third kappa shape index (κ3) is 3.25. The second kappa shape index (κ2) is 7.13. The lowest BCUT2D eigenvalue weighted by Gasteiger charge is -2.14. The van der Waals surface area contributed by atoms with E-state index < -0.39 is 0 Å². The molecule has 132 valence electrons. The van der Waals surface area contributed by atoms with Crippen molar-refractivity contribution in [2.45, 2.75) is 13.0 Å². The summed E-state index contributed by atoms with van der Waals surface area (Å²) in [6.07, 6.45) is 1.72. The SMILES string of the molecule is CC(C(=O)NCCNc1nc2ccccc2s1)n1cnc2ccccc21. The summed E-state index contributed by atoms with van der Waals surface area (Å²) in [4.78, 5) is 21.3. The monoisotopic (exact) mass is 365 g/mol. The van der Waals surface area contributed by atoms with Crippen molar-refractivity contribution in [1.82, 2.24) is 19.9 Å². The Kier molecular flexibility index (Phi) is 4.53. The van der Waals surface area contributed by atoms with E-state index >= 15 is 0 Å². The zero-order chi connectivity index (χ0) is 17.9. The Morgan fingerprint density at radius 2 is 1.88 bits per heavy atom. The number of carbonyl (C=O) groups is 1. The number of amides is 1. The van der Waals surface area contributed by atoms with Crippen LogP contribution in [0.1, 0.15) is 13.0 Å². The number of para-hydroxylation sites is 3. The summed E-state index contributed by atoms with van der Waals surface area (Å²) in [6.45, 7) is 3.04. The van der Waals surface area contributed by atoms with Crippen LogP contribution in [0.5, 0.6) is 0 Å². The van der Waals surface area contributed by atoms with Crippen LogP contribution in [0.15, 0.2) is 54.9 Å². The van der Waals surface area contributed by atoms with Gasteiger partial charge in [0.05, 0.1) is 27.6 Å². The minimum Gasteiger partial charge on any atom is -0.360 e. The van der Waals surface area contributed by atoms with Crippen molar-refractivity contribution in [3.05, 3.63) is 54.9 Å². The molecule has 0 spiro atoms. The molecule has 4 rings (SSSR count). The highest BCUT2D eigenvalue weighted by Gasteiger charge is 2.16. The average molecular weight is 365 g/mol. The highest BCUT2D eigenvalue weighted by molar-refractivity contribution is 7.22. The zero-order valence-electron chi connectivity index (χ0n) is 14.3. The van der Waals surface area contributed by atoms with E-state index in [9.17, 15) is 4.79 Å². The van der Waals surface area contributed by atoms with Gasteiger partial charge in [-0.15, -0.1) is 0 Å². The van der Waals surface area contributed by atoms with E-state index in [1.54, 1.807) is 17.7 Å². The molecule has 0 bridgehead atoms. The Hall–Kier alpha value is -2.93. The number of aromatic nitrogens is 3. The van der Waals surface area contributed by atoms with Crippen LogP contribution < -0.4 is 10.6 Å². The summed E-state index contributed by atoms with van der Waals surface area (Å²) in [7, 11) is 0. The first-order valence-electron chi connectivity index (χ1n) is 8.51. The maximum absolute atomic E-state index is 12.4. The highest BCUT2D eigenvalue weighted by atomic mass is 32.1. The first kappa shape index (κ1) is 16.5. The third-order valence-corrected chi connectivity index (χ3v) is 5.27. The fourth-order valence-corrected chi connectivity index (χ4v) is 3.76. The minimum absolute atomic E-state index is 0.0285. The number of hydrogen-bond acceptors (Lipinski definition) is 5. The molecule has 0 fully saturated rings. The summed E-state index contributed by atoms with van der Waals surface area (Å²) in [6, 6.07) is 15.5. The van der Waals surface area contributed by atoms with Crippen LogP contribution >= 0.6 is 11.3 Å². The first-order valence-corrected chi connectivity index (χ1v) is 9.33. The van der Waals surface area contributed by atoms with Gasteiger partial charge in [-0.1, -0.05) is 35.6 Å². The molecule has 0 radical (unpaired) electrons. The van der Waals surface area contributed by atoms with Crippen molar-refractivity contribution in [3.8, 4) is 0 Å². The maximum Gasteiger partial charge on any atom is 0.242 e. The molecule has 0 aliphatic carbocycles. The topological polar surface area (TPSA) is 71.8 Å². The van der Waals surface area contributed by atoms with Gasteiger partial charge in [0, 0.05) is 13.1 Å². The largest absolute Gasteiger partial charge is 0.360 e. The summed E-state index contributed by atoms with van der Waals surface area (Å²) in [5.41, 5.74) is 2.84. The summed E-state index contributed by atoms with van der Waals surface area (Å²) < 4.78 is 3.05. The summed E-state index contributed by atoms with van der Waals surface area (Å²) in [5, 5.41) is 7.10. The molecule has 2 aromatic heterocycles. The average Bonchev–Trinajstić information content (AvgIpc) is 3.28. The zero-order valence-corrected chi connectivity index (χ0v) is 15.2. The molecular formula is C19H19N5OS. The van der Waals surface area contributed by atoms with Gasteiger partial charge in [0.1, 0.15) is 6.04 Å². The number of fused-ring (bicyclic) bond motifs is 2. The van der Waals surface area contributed by atoms with Crippen molar-refractivity contribution in [1.29, 1.82) is 0 Å². The fraction of sp³-hybridized carbons (Fsp3) is 0.211. The van der Waals surface area contributed by atoms with Crippen LogP contribution in [0.25, 0.3) is 21.3 Å². The van der Waals surface area contributed by atoms with E-state index in [-0.39, 0.29) is 11.9 Å². The summed E-state index contributed by atoms with van der Waals surface area (Å²) >= 11 is 1.61. The number of rotatable bonds is 6. The summed E-state index contributed by atoms with van der Waals surface area (Å²) in [5.74, 6) is -0.0285. The van der Waals surface area contributed by atoms with Crippen LogP contribution in [0.3, 0.4) is 0 Å². The van der Waals surface area contributed by atoms with Gasteiger partial charge in [-0.3, -0.25) is 4.79 Å². The Morgan fingerprint density at radius 1 is 1.12 bits per heavy atom. The minimum atomic E-state index is -0.315. The molecule has 4 aromatic rings. The van der Waals surface area contributed by atoms with E-state index in [2.05, 4.69) is 26.7 Å². The van der Waals surface area contributed by atoms with Crippen molar-refractivity contribution in [2.75, 3.05) is 18.4 Å². The Balaban J connectivity index is 1.32. The number of nitrogens with zero attached hydrogens (tertiary/aromatic N) is 3. The van der Waals surface area contributed by atoms with Crippen LogP contribution in [-0.4, -0.2) is 33.5 Å². The Labute approximate surface area is 154 Å². The molecule has 1 atom stereocenters. The lowest BCUT2D eigenvalue weighted by molar-refractivity contribution is -0.123. The molecule has 6 nitrogen and oxygen atoms in total. The van der Waals surface area contributed by atoms with Gasteiger partial charge in [0.15, 0.2) is 5.13 Å². The molecule has 2 N–H and O–H groups in total. The Morgan fingerprint density at radius 3 is 2.73 bits per heavy atom. The molecule has 1 amide bonds. The smallest absolute Gasteiger partial charge is 0.242 e. The highest BCUT2D eigenvalue weighted by Crippen LogP contribution is 2.25. The molecule has 2 aromatic carbocycles. The van der Waals surface area contributed by atoms with Gasteiger partial charge in [-0.2, -0.15) is 0 Å². The number of nitrogens with one attached hydrogen (secondary N) is 2. The standard InChI is InChI=1S/C19H19N5OS/c1-13(24-12-22-14-6-2-4-8-16(14)24)18(25)20-10-11-21-19-23-15-7-3-5-9-17(15)26-19/h2-9,12-13H,10-11H2,1H3,(H,20,25)(H,21,23). The number of benzene rings is 2. The third-order valence-electron chi connectivity index (χ3n) is 4.27. The normalized spacial score (nSPS) is 12.3. The van der Waals surface area contributed by atoms with Gasteiger partial charge >= 0.3 is 0 Å². The van der Waals surface area contributed by atoms with E-state index in [4.69, 9.17) is 0 Å². The molecular weight excluding hydrogens is 346 g/mol. The van der Waals surface area contributed by atoms with Crippen molar-refractivity contribution in [3.63, 3.8) is 0 Å². The molecule has 0 aliphatic heterocycles. The molecule has 0 aliphatic rings. The van der Waals surface area contributed by atoms with Crippen molar-refractivity contribution < 1.29 is 4.79 Å². The van der Waals surface area contributed by atoms with Crippen LogP contribution in [0.2, 0.25) is 0 Å². The number of imidazole rings is 1. The molecule has 0 saturated carbocycles. The van der Waals surface area contributed by atoms with E-state index in [0.29, 0.717) is 13.1 Å². The quantitative estimate of drug-likeness (QED) is 0.514. The van der Waals surface area contributed by atoms with E-state index in [1.807, 2.05) is 54.0 Å². The van der Waals surface area contributed by atoms with Gasteiger partial charge in [0.2, 0.25) is 5.91 Å². The molecule has 7 heteroatoms. The number of hydrogen-bond donors (Lipinski definition) is 2. The van der Waals surface area contributed by atoms with E-state index in [0.717, 1.165) is 26.4 Å². The number of carbonyl (C=O) groups excluding carboxylic acids is 1. The van der Waals surface area contributed by atoms with Gasteiger partial charge in [-0.05, 0) is 31.2 Å². The second-order valence-electron chi connectivity index (χ2n) is 6.02. The van der Waals surface area contributed by atoms with Crippen LogP contribution in [0, 0.1) is 0 Å². The molecule has 26 heavy (non-hydrogen) atoms. The maximum atomic E-state index is 12.4. The first-order chi connectivity index (χ1) is 12.7. The predicted octanol–water partition coefficient (Wildman–Crippen LogP) is 3.44. The van der Waals surface area contributed by atoms with E-state index in [1.165, 1.54) is 0 Å². The van der Waals surface area contributed by atoms with Gasteiger partial charge < -0.3 is 15.2 Å². The van der Waals surface area contributed by atoms with Crippen molar-refractivity contribution >= 4 is 43.6 Å². The molecule has 0 saturated heterocycles. The lowest BCUT2D eigenvalue weighted by atomic mass is 10.2. The van der Waals surface area contributed by atoms with Gasteiger partial charge in [0.25, 0.3) is 0 Å². The van der Waals surface area contributed by atoms with Crippen molar-refractivity contribution in [2.24, 2.45) is 0 Å². The van der Waals surface area contributed by atoms with Crippen LogP contribution in [0.4, 0.5) is 5.13 Å². The van der Waals surface area contributed by atoms with Crippen LogP contribution in [-0.2, 0) is 4.79 Å². The van der Waals surface area contributed by atoms with Gasteiger partial charge in [-0.25, -0.2) is 9.97 Å². The molecule has 2 heterocycles. The lowest BCUT2D eigenvalue weighted by Crippen LogP contribution is -2.34. The molecule has 1 unspecified atom stereocenters. The Bertz CT molecular complexity index is 1020.